The van der Waals surface area contributed by atoms with Crippen LogP contribution in [0, 0.1) is 5.92 Å². The van der Waals surface area contributed by atoms with Gasteiger partial charge in [-0.15, -0.1) is 0 Å². The Labute approximate surface area is 114 Å². The Balaban J connectivity index is 1.64. The van der Waals surface area contributed by atoms with E-state index in [4.69, 9.17) is 0 Å². The standard InChI is InChI=1S/C16H23N3/c1-2-12-7-3-4-8-13(12)17-11-16-18-14-9-5-6-10-15(14)19-16/h5-6,9-10,12-13,17H,2-4,7-8,11H2,1H3,(H,18,19). The molecular formula is C16H23N3. The Bertz CT molecular complexity index is 499. The Hall–Kier alpha value is -1.35. The molecule has 1 aliphatic rings. The van der Waals surface area contributed by atoms with Gasteiger partial charge in [-0.3, -0.25) is 0 Å². The van der Waals surface area contributed by atoms with E-state index in [1.165, 1.54) is 32.1 Å². The fraction of sp³-hybridized carbons (Fsp3) is 0.562. The van der Waals surface area contributed by atoms with Crippen LogP contribution in [0.2, 0.25) is 0 Å². The Morgan fingerprint density at radius 3 is 2.95 bits per heavy atom. The van der Waals surface area contributed by atoms with Crippen molar-refractivity contribution >= 4 is 11.0 Å². The highest BCUT2D eigenvalue weighted by molar-refractivity contribution is 5.74. The SMILES string of the molecule is CCC1CCCCC1NCc1nc2ccccc2[nH]1. The molecule has 0 bridgehead atoms. The first-order chi connectivity index (χ1) is 9.36. The van der Waals surface area contributed by atoms with E-state index in [1.54, 1.807) is 0 Å². The largest absolute Gasteiger partial charge is 0.341 e. The van der Waals surface area contributed by atoms with Crippen molar-refractivity contribution in [2.75, 3.05) is 0 Å². The van der Waals surface area contributed by atoms with E-state index in [1.807, 2.05) is 12.1 Å². The summed E-state index contributed by atoms with van der Waals surface area (Å²) in [5, 5.41) is 3.71. The summed E-state index contributed by atoms with van der Waals surface area (Å²) in [6.07, 6.45) is 6.76. The third-order valence-electron chi connectivity index (χ3n) is 4.40. The van der Waals surface area contributed by atoms with E-state index in [2.05, 4.69) is 34.3 Å². The molecule has 0 radical (unpaired) electrons. The van der Waals surface area contributed by atoms with E-state index in [0.717, 1.165) is 29.3 Å². The van der Waals surface area contributed by atoms with Crippen LogP contribution in [-0.2, 0) is 6.54 Å². The number of nitrogens with zero attached hydrogens (tertiary/aromatic N) is 1. The zero-order valence-corrected chi connectivity index (χ0v) is 11.7. The molecule has 102 valence electrons. The van der Waals surface area contributed by atoms with Crippen LogP contribution in [0.5, 0.6) is 0 Å². The van der Waals surface area contributed by atoms with Gasteiger partial charge in [0.2, 0.25) is 0 Å². The second-order valence-corrected chi connectivity index (χ2v) is 5.64. The summed E-state index contributed by atoms with van der Waals surface area (Å²) in [5.41, 5.74) is 2.20. The smallest absolute Gasteiger partial charge is 0.121 e. The maximum Gasteiger partial charge on any atom is 0.121 e. The monoisotopic (exact) mass is 257 g/mol. The number of hydrogen-bond donors (Lipinski definition) is 2. The van der Waals surface area contributed by atoms with Crippen molar-refractivity contribution in [1.29, 1.82) is 0 Å². The molecule has 1 saturated carbocycles. The van der Waals surface area contributed by atoms with Crippen molar-refractivity contribution in [3.8, 4) is 0 Å². The number of fused-ring (bicyclic) bond motifs is 1. The average Bonchev–Trinajstić information content (AvgIpc) is 2.88. The maximum atomic E-state index is 4.63. The van der Waals surface area contributed by atoms with Gasteiger partial charge in [-0.25, -0.2) is 4.98 Å². The van der Waals surface area contributed by atoms with Gasteiger partial charge in [0.05, 0.1) is 17.6 Å². The molecule has 2 N–H and O–H groups in total. The maximum absolute atomic E-state index is 4.63. The van der Waals surface area contributed by atoms with Gasteiger partial charge >= 0.3 is 0 Å². The quantitative estimate of drug-likeness (QED) is 0.878. The molecule has 19 heavy (non-hydrogen) atoms. The Kier molecular flexibility index (Phi) is 3.83. The molecule has 3 nitrogen and oxygen atoms in total. The van der Waals surface area contributed by atoms with Crippen molar-refractivity contribution < 1.29 is 0 Å². The van der Waals surface area contributed by atoms with Gasteiger partial charge in [-0.1, -0.05) is 38.3 Å². The minimum Gasteiger partial charge on any atom is -0.341 e. The first-order valence-electron chi connectivity index (χ1n) is 7.54. The molecular weight excluding hydrogens is 234 g/mol. The number of H-pyrrole nitrogens is 1. The van der Waals surface area contributed by atoms with Crippen LogP contribution < -0.4 is 5.32 Å². The van der Waals surface area contributed by atoms with Crippen LogP contribution >= 0.6 is 0 Å². The van der Waals surface area contributed by atoms with Gasteiger partial charge in [0.15, 0.2) is 0 Å². The van der Waals surface area contributed by atoms with Crippen molar-refractivity contribution in [2.45, 2.75) is 51.6 Å². The summed E-state index contributed by atoms with van der Waals surface area (Å²) in [7, 11) is 0. The van der Waals surface area contributed by atoms with Crippen molar-refractivity contribution in [3.63, 3.8) is 0 Å². The number of para-hydroxylation sites is 2. The number of nitrogens with one attached hydrogen (secondary N) is 2. The van der Waals surface area contributed by atoms with Crippen LogP contribution in [0.4, 0.5) is 0 Å². The Morgan fingerprint density at radius 2 is 2.11 bits per heavy atom. The molecule has 3 heteroatoms. The third-order valence-corrected chi connectivity index (χ3v) is 4.40. The van der Waals surface area contributed by atoms with Gasteiger partial charge in [-0.05, 0) is 30.9 Å². The number of imidazole rings is 1. The molecule has 0 spiro atoms. The van der Waals surface area contributed by atoms with Crippen LogP contribution in [-0.4, -0.2) is 16.0 Å². The summed E-state index contributed by atoms with van der Waals surface area (Å²) in [5.74, 6) is 1.90. The predicted molar refractivity (Wildman–Crippen MR) is 79.0 cm³/mol. The zero-order chi connectivity index (χ0) is 13.1. The van der Waals surface area contributed by atoms with Gasteiger partial charge in [0.25, 0.3) is 0 Å². The van der Waals surface area contributed by atoms with Crippen molar-refractivity contribution in [1.82, 2.24) is 15.3 Å². The lowest BCUT2D eigenvalue weighted by molar-refractivity contribution is 0.253. The summed E-state index contributed by atoms with van der Waals surface area (Å²) in [4.78, 5) is 8.02. The number of benzene rings is 1. The molecule has 1 heterocycles. The van der Waals surface area contributed by atoms with Crippen LogP contribution in [0.1, 0.15) is 44.9 Å². The molecule has 1 aromatic heterocycles. The number of aromatic amines is 1. The highest BCUT2D eigenvalue weighted by Crippen LogP contribution is 2.27. The molecule has 1 aliphatic carbocycles. The predicted octanol–water partition coefficient (Wildman–Crippen LogP) is 3.62. The lowest BCUT2D eigenvalue weighted by atomic mass is 9.83. The van der Waals surface area contributed by atoms with E-state index in [-0.39, 0.29) is 0 Å². The van der Waals surface area contributed by atoms with Gasteiger partial charge in [-0.2, -0.15) is 0 Å². The lowest BCUT2D eigenvalue weighted by Crippen LogP contribution is -2.38. The number of rotatable bonds is 4. The van der Waals surface area contributed by atoms with Gasteiger partial charge in [0, 0.05) is 6.04 Å². The second kappa shape index (κ2) is 5.74. The topological polar surface area (TPSA) is 40.7 Å². The lowest BCUT2D eigenvalue weighted by Gasteiger charge is -2.31. The molecule has 1 fully saturated rings. The van der Waals surface area contributed by atoms with Crippen molar-refractivity contribution in [2.24, 2.45) is 5.92 Å². The summed E-state index contributed by atoms with van der Waals surface area (Å²) in [6.45, 7) is 3.17. The molecule has 0 aliphatic heterocycles. The second-order valence-electron chi connectivity index (χ2n) is 5.64. The highest BCUT2D eigenvalue weighted by atomic mass is 15.0. The van der Waals surface area contributed by atoms with Gasteiger partial charge < -0.3 is 10.3 Å². The highest BCUT2D eigenvalue weighted by Gasteiger charge is 2.23. The minimum atomic E-state index is 0.673. The molecule has 3 rings (SSSR count). The summed E-state index contributed by atoms with van der Waals surface area (Å²) >= 11 is 0. The molecule has 2 unspecified atom stereocenters. The van der Waals surface area contributed by atoms with E-state index in [0.29, 0.717) is 6.04 Å². The van der Waals surface area contributed by atoms with Gasteiger partial charge in [0.1, 0.15) is 5.82 Å². The van der Waals surface area contributed by atoms with E-state index in [9.17, 15) is 0 Å². The fourth-order valence-electron chi connectivity index (χ4n) is 3.28. The zero-order valence-electron chi connectivity index (χ0n) is 11.7. The van der Waals surface area contributed by atoms with E-state index < -0.39 is 0 Å². The number of aromatic nitrogens is 2. The third kappa shape index (κ3) is 2.81. The minimum absolute atomic E-state index is 0.673. The summed E-state index contributed by atoms with van der Waals surface area (Å²) < 4.78 is 0. The first-order valence-corrected chi connectivity index (χ1v) is 7.54. The fourth-order valence-corrected chi connectivity index (χ4v) is 3.28. The van der Waals surface area contributed by atoms with Crippen molar-refractivity contribution in [3.05, 3.63) is 30.1 Å². The molecule has 0 saturated heterocycles. The average molecular weight is 257 g/mol. The van der Waals surface area contributed by atoms with Crippen LogP contribution in [0.3, 0.4) is 0 Å². The Morgan fingerprint density at radius 1 is 1.26 bits per heavy atom. The first kappa shape index (κ1) is 12.7. The molecule has 2 atom stereocenters. The van der Waals surface area contributed by atoms with E-state index >= 15 is 0 Å². The summed E-state index contributed by atoms with van der Waals surface area (Å²) in [6, 6.07) is 8.90. The molecule has 0 amide bonds. The molecule has 2 aromatic rings. The normalized spacial score (nSPS) is 23.8. The number of hydrogen-bond acceptors (Lipinski definition) is 2. The van der Waals surface area contributed by atoms with Crippen LogP contribution in [0.25, 0.3) is 11.0 Å². The van der Waals surface area contributed by atoms with Crippen LogP contribution in [0.15, 0.2) is 24.3 Å². The molecule has 1 aromatic carbocycles.